The molecule has 1 heterocycles. The number of carbonyl (C=O) groups is 1. The van der Waals surface area contributed by atoms with Gasteiger partial charge in [-0.15, -0.1) is 0 Å². The lowest BCUT2D eigenvalue weighted by atomic mass is 10.1. The van der Waals surface area contributed by atoms with Crippen molar-refractivity contribution in [2.75, 3.05) is 5.73 Å². The molecular weight excluding hydrogens is 245 g/mol. The van der Waals surface area contributed by atoms with Gasteiger partial charge in [0.25, 0.3) is 5.91 Å². The molecule has 0 spiro atoms. The van der Waals surface area contributed by atoms with Crippen LogP contribution in [-0.2, 0) is 0 Å². The Kier molecular flexibility index (Phi) is 3.75. The number of rotatable bonds is 3. The number of aromatic nitrogens is 1. The number of nitrogens with zero attached hydrogens (tertiary/aromatic N) is 1. The first-order valence-electron chi connectivity index (χ1n) is 5.83. The van der Waals surface area contributed by atoms with Crippen LogP contribution in [0, 0.1) is 5.82 Å². The van der Waals surface area contributed by atoms with Crippen LogP contribution in [0.2, 0.25) is 0 Å². The minimum absolute atomic E-state index is 0.0595. The lowest BCUT2D eigenvalue weighted by Gasteiger charge is -2.14. The molecule has 0 saturated heterocycles. The maximum absolute atomic E-state index is 13.5. The predicted octanol–water partition coefficient (Wildman–Crippen LogP) is 2.29. The molecule has 98 valence electrons. The molecule has 4 nitrogen and oxygen atoms in total. The summed E-state index contributed by atoms with van der Waals surface area (Å²) in [6, 6.07) is 7.27. The lowest BCUT2D eigenvalue weighted by Crippen LogP contribution is -2.27. The Hall–Kier alpha value is -2.43. The van der Waals surface area contributed by atoms with Crippen LogP contribution in [0.4, 0.5) is 10.1 Å². The molecule has 1 aromatic carbocycles. The Bertz CT molecular complexity index is 586. The van der Waals surface area contributed by atoms with Gasteiger partial charge in [-0.3, -0.25) is 9.78 Å². The van der Waals surface area contributed by atoms with Crippen molar-refractivity contribution >= 4 is 11.6 Å². The van der Waals surface area contributed by atoms with Gasteiger partial charge in [0.05, 0.1) is 11.6 Å². The zero-order valence-corrected chi connectivity index (χ0v) is 10.4. The summed E-state index contributed by atoms with van der Waals surface area (Å²) >= 11 is 0. The summed E-state index contributed by atoms with van der Waals surface area (Å²) in [5.41, 5.74) is 6.69. The fraction of sp³-hybridized carbons (Fsp3) is 0.143. The van der Waals surface area contributed by atoms with E-state index >= 15 is 0 Å². The largest absolute Gasteiger partial charge is 0.399 e. The van der Waals surface area contributed by atoms with Crippen molar-refractivity contribution in [1.29, 1.82) is 0 Å². The molecule has 2 aromatic rings. The summed E-state index contributed by atoms with van der Waals surface area (Å²) in [6.07, 6.45) is 3.30. The molecule has 1 unspecified atom stereocenters. The van der Waals surface area contributed by atoms with Gasteiger partial charge in [-0.2, -0.15) is 0 Å². The van der Waals surface area contributed by atoms with E-state index in [1.54, 1.807) is 25.4 Å². The van der Waals surface area contributed by atoms with Crippen LogP contribution in [0.1, 0.15) is 28.9 Å². The standard InChI is InChI=1S/C14H14FN3O/c1-9(10-3-2-6-17-8-10)18-14(19)12-7-11(16)4-5-13(12)15/h2-9H,16H2,1H3,(H,18,19). The third kappa shape index (κ3) is 3.07. The summed E-state index contributed by atoms with van der Waals surface area (Å²) in [5, 5.41) is 2.71. The van der Waals surface area contributed by atoms with E-state index in [-0.39, 0.29) is 11.6 Å². The second-order valence-corrected chi connectivity index (χ2v) is 4.22. The fourth-order valence-electron chi connectivity index (χ4n) is 1.71. The summed E-state index contributed by atoms with van der Waals surface area (Å²) in [6.45, 7) is 1.80. The van der Waals surface area contributed by atoms with E-state index in [4.69, 9.17) is 5.73 Å². The van der Waals surface area contributed by atoms with Gasteiger partial charge in [0.1, 0.15) is 5.82 Å². The van der Waals surface area contributed by atoms with E-state index in [0.29, 0.717) is 5.69 Å². The number of halogens is 1. The Morgan fingerprint density at radius 1 is 1.42 bits per heavy atom. The Labute approximate surface area is 110 Å². The molecule has 0 fully saturated rings. The van der Waals surface area contributed by atoms with Crippen LogP contribution < -0.4 is 11.1 Å². The Morgan fingerprint density at radius 2 is 2.21 bits per heavy atom. The first kappa shape index (κ1) is 13.0. The number of carbonyl (C=O) groups excluding carboxylic acids is 1. The normalized spacial score (nSPS) is 11.9. The average Bonchev–Trinajstić information content (AvgIpc) is 2.42. The molecule has 0 aliphatic carbocycles. The minimum atomic E-state index is -0.593. The van der Waals surface area contributed by atoms with E-state index < -0.39 is 11.7 Å². The van der Waals surface area contributed by atoms with E-state index in [1.807, 2.05) is 6.07 Å². The number of pyridine rings is 1. The SMILES string of the molecule is CC(NC(=O)c1cc(N)ccc1F)c1cccnc1. The quantitative estimate of drug-likeness (QED) is 0.831. The third-order valence-corrected chi connectivity index (χ3v) is 2.77. The molecule has 3 N–H and O–H groups in total. The molecule has 0 radical (unpaired) electrons. The number of hydrogen-bond acceptors (Lipinski definition) is 3. The molecule has 19 heavy (non-hydrogen) atoms. The van der Waals surface area contributed by atoms with Crippen LogP contribution in [0.25, 0.3) is 0 Å². The van der Waals surface area contributed by atoms with Crippen LogP contribution in [0.5, 0.6) is 0 Å². The molecule has 0 bridgehead atoms. The molecule has 1 amide bonds. The van der Waals surface area contributed by atoms with Crippen molar-refractivity contribution < 1.29 is 9.18 Å². The van der Waals surface area contributed by atoms with Crippen LogP contribution in [-0.4, -0.2) is 10.9 Å². The zero-order valence-electron chi connectivity index (χ0n) is 10.4. The number of nitrogens with two attached hydrogens (primary N) is 1. The Balaban J connectivity index is 2.15. The molecule has 0 aliphatic heterocycles. The maximum atomic E-state index is 13.5. The van der Waals surface area contributed by atoms with Gasteiger partial charge in [-0.1, -0.05) is 6.07 Å². The second kappa shape index (κ2) is 5.48. The summed E-state index contributed by atoms with van der Waals surface area (Å²) < 4.78 is 13.5. The maximum Gasteiger partial charge on any atom is 0.254 e. The predicted molar refractivity (Wildman–Crippen MR) is 70.9 cm³/mol. The fourth-order valence-corrected chi connectivity index (χ4v) is 1.71. The first-order valence-corrected chi connectivity index (χ1v) is 5.83. The highest BCUT2D eigenvalue weighted by Gasteiger charge is 2.15. The van der Waals surface area contributed by atoms with Crippen LogP contribution in [0.3, 0.4) is 0 Å². The van der Waals surface area contributed by atoms with Crippen molar-refractivity contribution in [2.24, 2.45) is 0 Å². The third-order valence-electron chi connectivity index (χ3n) is 2.77. The first-order chi connectivity index (χ1) is 9.08. The number of benzene rings is 1. The topological polar surface area (TPSA) is 68.0 Å². The molecule has 1 aromatic heterocycles. The number of nitrogens with one attached hydrogen (secondary N) is 1. The Morgan fingerprint density at radius 3 is 2.89 bits per heavy atom. The molecular formula is C14H14FN3O. The van der Waals surface area contributed by atoms with E-state index in [0.717, 1.165) is 5.56 Å². The molecule has 2 rings (SSSR count). The number of anilines is 1. The van der Waals surface area contributed by atoms with Gasteiger partial charge in [-0.05, 0) is 36.8 Å². The molecule has 1 atom stereocenters. The van der Waals surface area contributed by atoms with Crippen LogP contribution >= 0.6 is 0 Å². The number of amides is 1. The van der Waals surface area contributed by atoms with Gasteiger partial charge in [-0.25, -0.2) is 4.39 Å². The van der Waals surface area contributed by atoms with Gasteiger partial charge in [0.15, 0.2) is 0 Å². The lowest BCUT2D eigenvalue weighted by molar-refractivity contribution is 0.0936. The van der Waals surface area contributed by atoms with Crippen molar-refractivity contribution in [1.82, 2.24) is 10.3 Å². The summed E-state index contributed by atoms with van der Waals surface area (Å²) in [7, 11) is 0. The van der Waals surface area contributed by atoms with Crippen molar-refractivity contribution in [3.8, 4) is 0 Å². The van der Waals surface area contributed by atoms with Gasteiger partial charge in [0, 0.05) is 18.1 Å². The van der Waals surface area contributed by atoms with E-state index in [2.05, 4.69) is 10.3 Å². The van der Waals surface area contributed by atoms with E-state index in [9.17, 15) is 9.18 Å². The molecule has 5 heteroatoms. The zero-order chi connectivity index (χ0) is 13.8. The summed E-state index contributed by atoms with van der Waals surface area (Å²) in [4.78, 5) is 15.9. The van der Waals surface area contributed by atoms with Crippen molar-refractivity contribution in [3.63, 3.8) is 0 Å². The number of hydrogen-bond donors (Lipinski definition) is 2. The highest BCUT2D eigenvalue weighted by molar-refractivity contribution is 5.95. The van der Waals surface area contributed by atoms with E-state index in [1.165, 1.54) is 18.2 Å². The van der Waals surface area contributed by atoms with Crippen molar-refractivity contribution in [3.05, 3.63) is 59.7 Å². The van der Waals surface area contributed by atoms with Gasteiger partial charge >= 0.3 is 0 Å². The second-order valence-electron chi connectivity index (χ2n) is 4.22. The highest BCUT2D eigenvalue weighted by atomic mass is 19.1. The summed E-state index contributed by atoms with van der Waals surface area (Å²) in [5.74, 6) is -1.09. The average molecular weight is 259 g/mol. The van der Waals surface area contributed by atoms with Gasteiger partial charge in [0.2, 0.25) is 0 Å². The monoisotopic (exact) mass is 259 g/mol. The van der Waals surface area contributed by atoms with Crippen molar-refractivity contribution in [2.45, 2.75) is 13.0 Å². The minimum Gasteiger partial charge on any atom is -0.399 e. The van der Waals surface area contributed by atoms with Gasteiger partial charge < -0.3 is 11.1 Å². The molecule has 0 aliphatic rings. The highest BCUT2D eigenvalue weighted by Crippen LogP contribution is 2.15. The molecule has 0 saturated carbocycles. The van der Waals surface area contributed by atoms with Crippen LogP contribution in [0.15, 0.2) is 42.7 Å². The smallest absolute Gasteiger partial charge is 0.254 e. The number of nitrogen functional groups attached to an aromatic ring is 1.